The van der Waals surface area contributed by atoms with E-state index < -0.39 is 0 Å². The normalized spacial score (nSPS) is 18.8. The van der Waals surface area contributed by atoms with E-state index in [4.69, 9.17) is 0 Å². The van der Waals surface area contributed by atoms with Gasteiger partial charge in [-0.1, -0.05) is 19.4 Å². The number of hydrogen-bond donors (Lipinski definition) is 0. The zero-order valence-corrected chi connectivity index (χ0v) is 7.23. The number of allylic oxidation sites excluding steroid dienone is 2. The van der Waals surface area contributed by atoms with Crippen LogP contribution in [0.1, 0.15) is 45.4 Å². The zero-order valence-electron chi connectivity index (χ0n) is 7.23. The summed E-state index contributed by atoms with van der Waals surface area (Å²) in [6.45, 7) is 1.94. The first kappa shape index (κ1) is 8.51. The van der Waals surface area contributed by atoms with Crippen LogP contribution < -0.4 is 0 Å². The Bertz CT molecular complexity index is 168. The fraction of sp³-hybridized carbons (Fsp3) is 0.700. The zero-order chi connectivity index (χ0) is 8.10. The fourth-order valence-corrected chi connectivity index (χ4v) is 1.50. The van der Waals surface area contributed by atoms with Crippen molar-refractivity contribution >= 4 is 5.78 Å². The quantitative estimate of drug-likeness (QED) is 0.594. The molecule has 11 heavy (non-hydrogen) atoms. The summed E-state index contributed by atoms with van der Waals surface area (Å²) in [5.41, 5.74) is 1.09. The summed E-state index contributed by atoms with van der Waals surface area (Å²) in [6, 6.07) is 0. The molecule has 0 spiro atoms. The first-order valence-corrected chi connectivity index (χ1v) is 4.57. The molecule has 0 N–H and O–H groups in total. The number of rotatable bonds is 2. The van der Waals surface area contributed by atoms with Gasteiger partial charge < -0.3 is 0 Å². The van der Waals surface area contributed by atoms with Crippen LogP contribution in [0.2, 0.25) is 0 Å². The average molecular weight is 152 g/mol. The maximum absolute atomic E-state index is 11.3. The minimum Gasteiger partial charge on any atom is -0.295 e. The van der Waals surface area contributed by atoms with Crippen LogP contribution in [0.3, 0.4) is 0 Å². The van der Waals surface area contributed by atoms with E-state index in [0.29, 0.717) is 12.2 Å². The standard InChI is InChI=1S/C10H16O/c1-2-10(11)9-7-5-3-4-6-8-9/h7H,2-6,8H2,1H3. The van der Waals surface area contributed by atoms with Crippen molar-refractivity contribution < 1.29 is 4.79 Å². The van der Waals surface area contributed by atoms with Crippen molar-refractivity contribution in [1.29, 1.82) is 0 Å². The van der Waals surface area contributed by atoms with Crippen LogP contribution in [-0.4, -0.2) is 5.78 Å². The molecule has 1 rings (SSSR count). The lowest BCUT2D eigenvalue weighted by Gasteiger charge is -1.99. The Hall–Kier alpha value is -0.590. The highest BCUT2D eigenvalue weighted by molar-refractivity contribution is 5.95. The van der Waals surface area contributed by atoms with Gasteiger partial charge in [0.05, 0.1) is 0 Å². The molecule has 1 aliphatic rings. The lowest BCUT2D eigenvalue weighted by Crippen LogP contribution is -1.99. The van der Waals surface area contributed by atoms with Crippen molar-refractivity contribution in [1.82, 2.24) is 0 Å². The van der Waals surface area contributed by atoms with Gasteiger partial charge in [0.25, 0.3) is 0 Å². The van der Waals surface area contributed by atoms with Crippen molar-refractivity contribution in [3.63, 3.8) is 0 Å². The highest BCUT2D eigenvalue weighted by Gasteiger charge is 2.08. The van der Waals surface area contributed by atoms with E-state index in [1.165, 1.54) is 19.3 Å². The van der Waals surface area contributed by atoms with Crippen LogP contribution in [0.15, 0.2) is 11.6 Å². The summed E-state index contributed by atoms with van der Waals surface area (Å²) in [5.74, 6) is 0.354. The van der Waals surface area contributed by atoms with Crippen molar-refractivity contribution in [3.05, 3.63) is 11.6 Å². The first-order valence-electron chi connectivity index (χ1n) is 4.57. The van der Waals surface area contributed by atoms with Crippen LogP contribution in [0.25, 0.3) is 0 Å². The van der Waals surface area contributed by atoms with Crippen molar-refractivity contribution in [2.24, 2.45) is 0 Å². The van der Waals surface area contributed by atoms with Gasteiger partial charge in [-0.05, 0) is 31.3 Å². The van der Waals surface area contributed by atoms with E-state index in [9.17, 15) is 4.79 Å². The van der Waals surface area contributed by atoms with Crippen molar-refractivity contribution in [2.75, 3.05) is 0 Å². The molecule has 0 bridgehead atoms. The molecule has 1 nitrogen and oxygen atoms in total. The average Bonchev–Trinajstić information content (AvgIpc) is 2.30. The number of hydrogen-bond acceptors (Lipinski definition) is 1. The highest BCUT2D eigenvalue weighted by Crippen LogP contribution is 2.18. The Morgan fingerprint density at radius 3 is 3.00 bits per heavy atom. The number of Topliss-reactive ketones (excluding diaryl/α,β-unsaturated/α-hetero) is 1. The summed E-state index contributed by atoms with van der Waals surface area (Å²) >= 11 is 0. The van der Waals surface area contributed by atoms with Gasteiger partial charge in [-0.15, -0.1) is 0 Å². The van der Waals surface area contributed by atoms with E-state index in [1.807, 2.05) is 6.92 Å². The number of carbonyl (C=O) groups excluding carboxylic acids is 1. The number of ketones is 1. The Kier molecular flexibility index (Phi) is 3.34. The molecule has 0 saturated carbocycles. The summed E-state index contributed by atoms with van der Waals surface area (Å²) < 4.78 is 0. The lowest BCUT2D eigenvalue weighted by molar-refractivity contribution is -0.115. The van der Waals surface area contributed by atoms with Crippen LogP contribution in [0.5, 0.6) is 0 Å². The van der Waals surface area contributed by atoms with E-state index in [2.05, 4.69) is 6.08 Å². The van der Waals surface area contributed by atoms with Crippen molar-refractivity contribution in [3.8, 4) is 0 Å². The van der Waals surface area contributed by atoms with E-state index in [0.717, 1.165) is 18.4 Å². The summed E-state index contributed by atoms with van der Waals surface area (Å²) in [7, 11) is 0. The summed E-state index contributed by atoms with van der Waals surface area (Å²) in [4.78, 5) is 11.3. The van der Waals surface area contributed by atoms with Gasteiger partial charge in [-0.25, -0.2) is 0 Å². The van der Waals surface area contributed by atoms with Gasteiger partial charge in [0.1, 0.15) is 0 Å². The van der Waals surface area contributed by atoms with E-state index in [-0.39, 0.29) is 0 Å². The topological polar surface area (TPSA) is 17.1 Å². The van der Waals surface area contributed by atoms with Crippen molar-refractivity contribution in [2.45, 2.75) is 45.4 Å². The molecule has 0 aromatic rings. The van der Waals surface area contributed by atoms with Gasteiger partial charge >= 0.3 is 0 Å². The molecule has 0 saturated heterocycles. The van der Waals surface area contributed by atoms with Gasteiger partial charge in [0, 0.05) is 6.42 Å². The summed E-state index contributed by atoms with van der Waals surface area (Å²) in [5, 5.41) is 0. The maximum atomic E-state index is 11.3. The molecule has 1 aliphatic carbocycles. The predicted octanol–water partition coefficient (Wildman–Crippen LogP) is 2.86. The molecule has 0 amide bonds. The van der Waals surface area contributed by atoms with Crippen LogP contribution in [0, 0.1) is 0 Å². The van der Waals surface area contributed by atoms with E-state index in [1.54, 1.807) is 0 Å². The minimum absolute atomic E-state index is 0.354. The largest absolute Gasteiger partial charge is 0.295 e. The third-order valence-corrected chi connectivity index (χ3v) is 2.22. The predicted molar refractivity (Wildman–Crippen MR) is 46.5 cm³/mol. The van der Waals surface area contributed by atoms with Gasteiger partial charge in [0.2, 0.25) is 0 Å². The molecule has 1 heteroatoms. The molecule has 0 unspecified atom stereocenters. The summed E-state index contributed by atoms with van der Waals surface area (Å²) in [6.07, 6.45) is 8.70. The maximum Gasteiger partial charge on any atom is 0.158 e. The van der Waals surface area contributed by atoms with Gasteiger partial charge in [0.15, 0.2) is 5.78 Å². The minimum atomic E-state index is 0.354. The second kappa shape index (κ2) is 4.32. The molecule has 0 heterocycles. The third kappa shape index (κ3) is 2.49. The Morgan fingerprint density at radius 1 is 1.45 bits per heavy atom. The molecular weight excluding hydrogens is 136 g/mol. The smallest absolute Gasteiger partial charge is 0.158 e. The second-order valence-corrected chi connectivity index (χ2v) is 3.11. The Labute approximate surface area is 68.5 Å². The number of carbonyl (C=O) groups is 1. The second-order valence-electron chi connectivity index (χ2n) is 3.11. The molecule has 0 aliphatic heterocycles. The SMILES string of the molecule is CCC(=O)C1=CCCCCC1. The molecule has 0 aromatic heterocycles. The molecule has 0 atom stereocenters. The molecular formula is C10H16O. The van der Waals surface area contributed by atoms with Gasteiger partial charge in [-0.2, -0.15) is 0 Å². The third-order valence-electron chi connectivity index (χ3n) is 2.22. The molecule has 0 aromatic carbocycles. The molecule has 62 valence electrons. The van der Waals surface area contributed by atoms with Crippen LogP contribution >= 0.6 is 0 Å². The van der Waals surface area contributed by atoms with Crippen LogP contribution in [-0.2, 0) is 4.79 Å². The van der Waals surface area contributed by atoms with Gasteiger partial charge in [-0.3, -0.25) is 4.79 Å². The molecule has 0 fully saturated rings. The van der Waals surface area contributed by atoms with Crippen LogP contribution in [0.4, 0.5) is 0 Å². The first-order chi connectivity index (χ1) is 5.34. The fourth-order valence-electron chi connectivity index (χ4n) is 1.50. The monoisotopic (exact) mass is 152 g/mol. The Balaban J connectivity index is 2.53. The lowest BCUT2D eigenvalue weighted by atomic mass is 10.0. The highest BCUT2D eigenvalue weighted by atomic mass is 16.1. The van der Waals surface area contributed by atoms with E-state index >= 15 is 0 Å². The molecule has 0 radical (unpaired) electrons. The Morgan fingerprint density at radius 2 is 2.27 bits per heavy atom.